The fourth-order valence-corrected chi connectivity index (χ4v) is 4.49. The third-order valence-electron chi connectivity index (χ3n) is 4.93. The maximum absolute atomic E-state index is 13.1. The van der Waals surface area contributed by atoms with Crippen molar-refractivity contribution in [2.75, 3.05) is 23.9 Å². The number of rotatable bonds is 6. The lowest BCUT2D eigenvalue weighted by atomic mass is 10.1. The van der Waals surface area contributed by atoms with E-state index in [0.717, 1.165) is 22.5 Å². The van der Waals surface area contributed by atoms with Crippen LogP contribution >= 0.6 is 24.0 Å². The number of hydrogen-bond acceptors (Lipinski definition) is 5. The summed E-state index contributed by atoms with van der Waals surface area (Å²) in [5, 5.41) is 0. The quantitative estimate of drug-likeness (QED) is 0.336. The fraction of sp³-hybridized carbons (Fsp3) is 0.120. The van der Waals surface area contributed by atoms with Gasteiger partial charge in [-0.15, -0.1) is 0 Å². The van der Waals surface area contributed by atoms with E-state index >= 15 is 0 Å². The van der Waals surface area contributed by atoms with E-state index in [2.05, 4.69) is 0 Å². The van der Waals surface area contributed by atoms with Gasteiger partial charge in [0.1, 0.15) is 18.2 Å². The number of nitrogens with zero attached hydrogens (tertiary/aromatic N) is 2. The molecule has 0 N–H and O–H groups in total. The van der Waals surface area contributed by atoms with Gasteiger partial charge in [0.2, 0.25) is 0 Å². The van der Waals surface area contributed by atoms with E-state index in [9.17, 15) is 9.18 Å². The molecule has 1 aliphatic rings. The molecule has 1 saturated heterocycles. The maximum atomic E-state index is 13.1. The van der Waals surface area contributed by atoms with E-state index in [4.69, 9.17) is 17.0 Å². The molecular weight excluding hydrogens is 443 g/mol. The van der Waals surface area contributed by atoms with Crippen molar-refractivity contribution in [2.24, 2.45) is 0 Å². The molecule has 0 spiro atoms. The summed E-state index contributed by atoms with van der Waals surface area (Å²) >= 11 is 6.76. The van der Waals surface area contributed by atoms with Crippen molar-refractivity contribution in [2.45, 2.75) is 6.61 Å². The number of benzene rings is 3. The van der Waals surface area contributed by atoms with Crippen molar-refractivity contribution in [1.82, 2.24) is 0 Å². The molecule has 1 aliphatic heterocycles. The van der Waals surface area contributed by atoms with Crippen LogP contribution in [0.5, 0.6) is 5.75 Å². The van der Waals surface area contributed by atoms with E-state index in [0.29, 0.717) is 21.6 Å². The summed E-state index contributed by atoms with van der Waals surface area (Å²) in [6, 6.07) is 21.4. The second-order valence-electron chi connectivity index (χ2n) is 7.38. The van der Waals surface area contributed by atoms with Gasteiger partial charge in [-0.05, 0) is 54.1 Å². The van der Waals surface area contributed by atoms with E-state index < -0.39 is 0 Å². The number of anilines is 2. The standard InChI is InChI=1S/C25H21FN2O2S2/c1-27(2)20-11-13-21(14-12-20)28-24(29)23(32-25(28)31)15-18-5-3-4-6-22(18)30-16-17-7-9-19(26)10-8-17/h3-15H,16H2,1-2H3/b23-15-. The number of carbonyl (C=O) groups is 1. The second kappa shape index (κ2) is 9.54. The van der Waals surface area contributed by atoms with Crippen LogP contribution in [0.25, 0.3) is 6.08 Å². The van der Waals surface area contributed by atoms with Gasteiger partial charge < -0.3 is 9.64 Å². The van der Waals surface area contributed by atoms with Crippen LogP contribution < -0.4 is 14.5 Å². The number of amides is 1. The second-order valence-corrected chi connectivity index (χ2v) is 9.06. The molecule has 1 fully saturated rings. The Bertz CT molecular complexity index is 1180. The highest BCUT2D eigenvalue weighted by atomic mass is 32.2. The SMILES string of the molecule is CN(C)c1ccc(N2C(=O)/C(=C/c3ccccc3OCc3ccc(F)cc3)SC2=S)cc1. The molecule has 0 aliphatic carbocycles. The molecule has 3 aromatic carbocycles. The van der Waals surface area contributed by atoms with E-state index in [-0.39, 0.29) is 11.7 Å². The van der Waals surface area contributed by atoms with Crippen LogP contribution in [0, 0.1) is 5.82 Å². The molecule has 0 radical (unpaired) electrons. The van der Waals surface area contributed by atoms with Crippen LogP contribution in [0.4, 0.5) is 15.8 Å². The fourth-order valence-electron chi connectivity index (χ4n) is 3.20. The number of halogens is 1. The Hall–Kier alpha value is -3.16. The van der Waals surface area contributed by atoms with Gasteiger partial charge in [-0.25, -0.2) is 4.39 Å². The van der Waals surface area contributed by atoms with Gasteiger partial charge in [0.25, 0.3) is 5.91 Å². The van der Waals surface area contributed by atoms with E-state index in [1.54, 1.807) is 23.1 Å². The molecule has 0 aromatic heterocycles. The number of carbonyl (C=O) groups excluding carboxylic acids is 1. The highest BCUT2D eigenvalue weighted by Gasteiger charge is 2.33. The Kier molecular flexibility index (Phi) is 6.58. The first-order valence-electron chi connectivity index (χ1n) is 9.94. The molecule has 0 bridgehead atoms. The molecular formula is C25H21FN2O2S2. The van der Waals surface area contributed by atoms with Crippen molar-refractivity contribution in [3.8, 4) is 5.75 Å². The number of ether oxygens (including phenoxy) is 1. The summed E-state index contributed by atoms with van der Waals surface area (Å²) in [5.74, 6) is 0.191. The minimum atomic E-state index is -0.285. The zero-order valence-electron chi connectivity index (χ0n) is 17.6. The Morgan fingerprint density at radius 2 is 1.72 bits per heavy atom. The Labute approximate surface area is 196 Å². The van der Waals surface area contributed by atoms with Crippen molar-refractivity contribution >= 4 is 51.7 Å². The predicted octanol–water partition coefficient (Wildman–Crippen LogP) is 5.88. The number of thiocarbonyl (C=S) groups is 1. The minimum Gasteiger partial charge on any atom is -0.488 e. The summed E-state index contributed by atoms with van der Waals surface area (Å²) in [4.78, 5) is 17.2. The van der Waals surface area contributed by atoms with Gasteiger partial charge in [0.05, 0.1) is 10.6 Å². The Morgan fingerprint density at radius 1 is 1.03 bits per heavy atom. The molecule has 1 heterocycles. The zero-order chi connectivity index (χ0) is 22.7. The largest absolute Gasteiger partial charge is 0.488 e. The smallest absolute Gasteiger partial charge is 0.270 e. The summed E-state index contributed by atoms with van der Waals surface area (Å²) in [6.07, 6.45) is 1.80. The zero-order valence-corrected chi connectivity index (χ0v) is 19.3. The van der Waals surface area contributed by atoms with Gasteiger partial charge >= 0.3 is 0 Å². The van der Waals surface area contributed by atoms with Gasteiger partial charge in [0.15, 0.2) is 4.32 Å². The summed E-state index contributed by atoms with van der Waals surface area (Å²) in [7, 11) is 3.93. The number of para-hydroxylation sites is 1. The van der Waals surface area contributed by atoms with E-state index in [1.165, 1.54) is 23.9 Å². The van der Waals surface area contributed by atoms with Crippen LogP contribution in [0.3, 0.4) is 0 Å². The Balaban J connectivity index is 1.54. The van der Waals surface area contributed by atoms with Gasteiger partial charge in [-0.1, -0.05) is 54.3 Å². The van der Waals surface area contributed by atoms with Crippen LogP contribution in [0.1, 0.15) is 11.1 Å². The summed E-state index contributed by atoms with van der Waals surface area (Å²) in [6.45, 7) is 0.296. The number of thioether (sulfide) groups is 1. The minimum absolute atomic E-state index is 0.161. The highest BCUT2D eigenvalue weighted by molar-refractivity contribution is 8.27. The molecule has 0 atom stereocenters. The molecule has 0 saturated carbocycles. The van der Waals surface area contributed by atoms with E-state index in [1.807, 2.05) is 67.5 Å². The van der Waals surface area contributed by atoms with Gasteiger partial charge in [-0.3, -0.25) is 9.69 Å². The van der Waals surface area contributed by atoms with Crippen LogP contribution in [0.2, 0.25) is 0 Å². The normalized spacial score (nSPS) is 14.8. The average molecular weight is 465 g/mol. The average Bonchev–Trinajstić information content (AvgIpc) is 3.07. The molecule has 7 heteroatoms. The van der Waals surface area contributed by atoms with Crippen molar-refractivity contribution in [1.29, 1.82) is 0 Å². The monoisotopic (exact) mass is 464 g/mol. The predicted molar refractivity (Wildman–Crippen MR) is 134 cm³/mol. The lowest BCUT2D eigenvalue weighted by Gasteiger charge is -2.17. The highest BCUT2D eigenvalue weighted by Crippen LogP contribution is 2.37. The first-order valence-corrected chi connectivity index (χ1v) is 11.2. The molecule has 4 nitrogen and oxygen atoms in total. The van der Waals surface area contributed by atoms with Crippen molar-refractivity contribution in [3.63, 3.8) is 0 Å². The number of hydrogen-bond donors (Lipinski definition) is 0. The van der Waals surface area contributed by atoms with Crippen molar-refractivity contribution < 1.29 is 13.9 Å². The first kappa shape index (κ1) is 22.0. The molecule has 4 rings (SSSR count). The topological polar surface area (TPSA) is 32.8 Å². The third-order valence-corrected chi connectivity index (χ3v) is 6.23. The van der Waals surface area contributed by atoms with Crippen LogP contribution in [-0.4, -0.2) is 24.3 Å². The summed E-state index contributed by atoms with van der Waals surface area (Å²) < 4.78 is 19.6. The molecule has 3 aromatic rings. The summed E-state index contributed by atoms with van der Waals surface area (Å²) in [5.41, 5.74) is 3.41. The lowest BCUT2D eigenvalue weighted by molar-refractivity contribution is -0.113. The maximum Gasteiger partial charge on any atom is 0.270 e. The van der Waals surface area contributed by atoms with Crippen LogP contribution in [0.15, 0.2) is 77.7 Å². The molecule has 1 amide bonds. The van der Waals surface area contributed by atoms with Gasteiger partial charge in [-0.2, -0.15) is 0 Å². The van der Waals surface area contributed by atoms with Crippen molar-refractivity contribution in [3.05, 3.63) is 94.6 Å². The third kappa shape index (κ3) is 4.84. The molecule has 0 unspecified atom stereocenters. The molecule has 32 heavy (non-hydrogen) atoms. The first-order chi connectivity index (χ1) is 15.4. The van der Waals surface area contributed by atoms with Crippen LogP contribution in [-0.2, 0) is 11.4 Å². The van der Waals surface area contributed by atoms with Gasteiger partial charge in [0, 0.05) is 25.3 Å². The Morgan fingerprint density at radius 3 is 2.41 bits per heavy atom. The lowest BCUT2D eigenvalue weighted by Crippen LogP contribution is -2.27. The molecule has 162 valence electrons.